The van der Waals surface area contributed by atoms with Gasteiger partial charge in [0.25, 0.3) is 5.91 Å². The molecule has 0 spiro atoms. The zero-order chi connectivity index (χ0) is 23.5. The van der Waals surface area contributed by atoms with E-state index in [4.69, 9.17) is 0 Å². The fourth-order valence-electron chi connectivity index (χ4n) is 3.74. The topological polar surface area (TPSA) is 49.4 Å². The van der Waals surface area contributed by atoms with Gasteiger partial charge >= 0.3 is 0 Å². The van der Waals surface area contributed by atoms with Gasteiger partial charge in [-0.25, -0.2) is 4.39 Å². The van der Waals surface area contributed by atoms with Gasteiger partial charge in [-0.1, -0.05) is 58.9 Å². The molecule has 0 saturated carbocycles. The van der Waals surface area contributed by atoms with E-state index < -0.39 is 11.4 Å². The molecule has 0 bridgehead atoms. The van der Waals surface area contributed by atoms with E-state index in [0.717, 1.165) is 12.0 Å². The summed E-state index contributed by atoms with van der Waals surface area (Å²) in [6, 6.07) is 13.2. The number of nitrogens with zero attached hydrogens (tertiary/aromatic N) is 1. The molecule has 0 aliphatic carbocycles. The van der Waals surface area contributed by atoms with Gasteiger partial charge in [0, 0.05) is 17.9 Å². The van der Waals surface area contributed by atoms with Crippen LogP contribution in [0.25, 0.3) is 0 Å². The summed E-state index contributed by atoms with van der Waals surface area (Å²) in [5, 5.41) is 2.57. The Morgan fingerprint density at radius 3 is 2.44 bits per heavy atom. The van der Waals surface area contributed by atoms with Crippen molar-refractivity contribution in [2.24, 2.45) is 5.92 Å². The highest BCUT2D eigenvalue weighted by Gasteiger charge is 2.42. The second-order valence-corrected chi connectivity index (χ2v) is 10.9. The van der Waals surface area contributed by atoms with Crippen molar-refractivity contribution < 1.29 is 14.0 Å². The maximum atomic E-state index is 13.9. The molecule has 1 aliphatic heterocycles. The Kier molecular flexibility index (Phi) is 7.65. The molecule has 3 rings (SSSR count). The van der Waals surface area contributed by atoms with E-state index in [1.54, 1.807) is 11.0 Å². The monoisotopic (exact) mass is 456 g/mol. The number of thioether (sulfide) groups is 1. The highest BCUT2D eigenvalue weighted by molar-refractivity contribution is 7.99. The summed E-state index contributed by atoms with van der Waals surface area (Å²) in [5.74, 6) is 0.230. The van der Waals surface area contributed by atoms with E-state index in [1.165, 1.54) is 23.9 Å². The van der Waals surface area contributed by atoms with Crippen molar-refractivity contribution in [2.45, 2.75) is 57.9 Å². The standard InChI is InChI=1S/C26H33FN2O2S/c1-17(2)13-14-28-23(30)22-16-32-25(19-7-6-8-21(27)15-19)29(22)24(31)18-9-11-20(12-10-18)26(3,4)5/h6-12,15,17,22,25H,13-14,16H2,1-5H3,(H,28,30). The number of carbonyl (C=O) groups is 2. The molecule has 2 atom stereocenters. The molecule has 0 radical (unpaired) electrons. The predicted octanol–water partition coefficient (Wildman–Crippen LogP) is 5.54. The first-order valence-electron chi connectivity index (χ1n) is 11.2. The third kappa shape index (κ3) is 5.71. The van der Waals surface area contributed by atoms with Crippen LogP contribution in [0.1, 0.15) is 67.9 Å². The minimum Gasteiger partial charge on any atom is -0.354 e. The van der Waals surface area contributed by atoms with E-state index in [0.29, 0.717) is 29.3 Å². The molecule has 32 heavy (non-hydrogen) atoms. The van der Waals surface area contributed by atoms with Crippen LogP contribution in [0.4, 0.5) is 4.39 Å². The van der Waals surface area contributed by atoms with Crippen LogP contribution in [0.3, 0.4) is 0 Å². The summed E-state index contributed by atoms with van der Waals surface area (Å²) in [6.07, 6.45) is 0.876. The fraction of sp³-hybridized carbons (Fsp3) is 0.462. The number of nitrogens with one attached hydrogen (secondary N) is 1. The molecule has 4 nitrogen and oxygen atoms in total. The molecule has 1 N–H and O–H groups in total. The van der Waals surface area contributed by atoms with Crippen molar-refractivity contribution in [1.82, 2.24) is 10.2 Å². The molecule has 2 unspecified atom stereocenters. The minimum atomic E-state index is -0.602. The molecule has 1 saturated heterocycles. The van der Waals surface area contributed by atoms with Crippen molar-refractivity contribution in [3.8, 4) is 0 Å². The Bertz CT molecular complexity index is 953. The van der Waals surface area contributed by atoms with Crippen LogP contribution >= 0.6 is 11.8 Å². The van der Waals surface area contributed by atoms with Crippen LogP contribution in [-0.4, -0.2) is 35.1 Å². The van der Waals surface area contributed by atoms with Crippen molar-refractivity contribution >= 4 is 23.6 Å². The molecule has 1 aliphatic rings. The number of carbonyl (C=O) groups excluding carboxylic acids is 2. The highest BCUT2D eigenvalue weighted by atomic mass is 32.2. The molecule has 2 aromatic carbocycles. The SMILES string of the molecule is CC(C)CCNC(=O)C1CSC(c2cccc(F)c2)N1C(=O)c1ccc(C(C)(C)C)cc1. The molecular formula is C26H33FN2O2S. The van der Waals surface area contributed by atoms with Gasteiger partial charge in [0.15, 0.2) is 0 Å². The average Bonchev–Trinajstić information content (AvgIpc) is 3.17. The lowest BCUT2D eigenvalue weighted by Gasteiger charge is -2.29. The van der Waals surface area contributed by atoms with Gasteiger partial charge in [0.05, 0.1) is 0 Å². The Morgan fingerprint density at radius 1 is 1.16 bits per heavy atom. The van der Waals surface area contributed by atoms with Gasteiger partial charge in [-0.2, -0.15) is 0 Å². The number of benzene rings is 2. The maximum absolute atomic E-state index is 13.9. The van der Waals surface area contributed by atoms with Gasteiger partial charge in [-0.05, 0) is 53.1 Å². The number of hydrogen-bond donors (Lipinski definition) is 1. The van der Waals surface area contributed by atoms with Gasteiger partial charge in [-0.15, -0.1) is 11.8 Å². The Balaban J connectivity index is 1.90. The van der Waals surface area contributed by atoms with Crippen molar-refractivity contribution in [3.05, 3.63) is 71.0 Å². The molecule has 6 heteroatoms. The first-order chi connectivity index (χ1) is 15.1. The fourth-order valence-corrected chi connectivity index (χ4v) is 5.16. The maximum Gasteiger partial charge on any atom is 0.255 e. The molecule has 0 aromatic heterocycles. The van der Waals surface area contributed by atoms with E-state index >= 15 is 0 Å². The number of halogens is 1. The normalized spacial score (nSPS) is 18.8. The molecule has 172 valence electrons. The van der Waals surface area contributed by atoms with E-state index in [1.807, 2.05) is 30.3 Å². The Morgan fingerprint density at radius 2 is 1.84 bits per heavy atom. The van der Waals surface area contributed by atoms with Crippen LogP contribution in [0.15, 0.2) is 48.5 Å². The number of rotatable bonds is 6. The zero-order valence-electron chi connectivity index (χ0n) is 19.5. The lowest BCUT2D eigenvalue weighted by molar-refractivity contribution is -0.124. The summed E-state index contributed by atoms with van der Waals surface area (Å²) in [6.45, 7) is 11.2. The summed E-state index contributed by atoms with van der Waals surface area (Å²) >= 11 is 1.50. The van der Waals surface area contributed by atoms with Crippen LogP contribution in [0, 0.1) is 11.7 Å². The van der Waals surface area contributed by atoms with Gasteiger partial charge in [0.1, 0.15) is 17.2 Å². The van der Waals surface area contributed by atoms with Crippen LogP contribution in [-0.2, 0) is 10.2 Å². The summed E-state index contributed by atoms with van der Waals surface area (Å²) in [5.41, 5.74) is 2.33. The summed E-state index contributed by atoms with van der Waals surface area (Å²) in [7, 11) is 0. The van der Waals surface area contributed by atoms with Gasteiger partial charge in [0.2, 0.25) is 5.91 Å². The lowest BCUT2D eigenvalue weighted by atomic mass is 9.86. The predicted molar refractivity (Wildman–Crippen MR) is 129 cm³/mol. The number of amides is 2. The lowest BCUT2D eigenvalue weighted by Crippen LogP contribution is -2.48. The third-order valence-corrected chi connectivity index (χ3v) is 7.01. The van der Waals surface area contributed by atoms with Crippen molar-refractivity contribution in [3.63, 3.8) is 0 Å². The smallest absolute Gasteiger partial charge is 0.255 e. The zero-order valence-corrected chi connectivity index (χ0v) is 20.3. The van der Waals surface area contributed by atoms with Crippen LogP contribution < -0.4 is 5.32 Å². The highest BCUT2D eigenvalue weighted by Crippen LogP contribution is 2.42. The van der Waals surface area contributed by atoms with E-state index in [-0.39, 0.29) is 23.0 Å². The van der Waals surface area contributed by atoms with E-state index in [2.05, 4.69) is 39.9 Å². The molecule has 2 amide bonds. The second-order valence-electron chi connectivity index (χ2n) is 9.77. The minimum absolute atomic E-state index is 0.0198. The quantitative estimate of drug-likeness (QED) is 0.621. The second kappa shape index (κ2) is 10.1. The summed E-state index contributed by atoms with van der Waals surface area (Å²) in [4.78, 5) is 28.2. The van der Waals surface area contributed by atoms with Crippen LogP contribution in [0.2, 0.25) is 0 Å². The average molecular weight is 457 g/mol. The first-order valence-corrected chi connectivity index (χ1v) is 12.2. The Hall–Kier alpha value is -2.34. The molecule has 1 fully saturated rings. The van der Waals surface area contributed by atoms with Crippen LogP contribution in [0.5, 0.6) is 0 Å². The van der Waals surface area contributed by atoms with Gasteiger partial charge in [-0.3, -0.25) is 9.59 Å². The van der Waals surface area contributed by atoms with Crippen molar-refractivity contribution in [1.29, 1.82) is 0 Å². The molecular weight excluding hydrogens is 423 g/mol. The molecule has 1 heterocycles. The Labute approximate surface area is 195 Å². The number of hydrogen-bond acceptors (Lipinski definition) is 3. The van der Waals surface area contributed by atoms with Crippen molar-refractivity contribution in [2.75, 3.05) is 12.3 Å². The largest absolute Gasteiger partial charge is 0.354 e. The third-order valence-electron chi connectivity index (χ3n) is 5.69. The van der Waals surface area contributed by atoms with E-state index in [9.17, 15) is 14.0 Å². The summed E-state index contributed by atoms with van der Waals surface area (Å²) < 4.78 is 13.9. The first kappa shape index (κ1) is 24.3. The molecule has 2 aromatic rings. The van der Waals surface area contributed by atoms with Gasteiger partial charge < -0.3 is 10.2 Å².